The molecule has 4 rings (SSSR count). The quantitative estimate of drug-likeness (QED) is 0.364. The SMILES string of the molecule is COc1ccc(C(O)=C2C(=O)C(=O)N(Cc3cccnc3)[C@@H]2c2ccc(O)cc2)c(C)c1. The lowest BCUT2D eigenvalue weighted by Gasteiger charge is -2.25. The molecular formula is C25H22N2O5. The summed E-state index contributed by atoms with van der Waals surface area (Å²) in [6.45, 7) is 1.93. The lowest BCUT2D eigenvalue weighted by molar-refractivity contribution is -0.140. The summed E-state index contributed by atoms with van der Waals surface area (Å²) in [5.41, 5.74) is 2.48. The number of aliphatic hydroxyl groups is 1. The first-order valence-corrected chi connectivity index (χ1v) is 10.0. The number of hydrogen-bond acceptors (Lipinski definition) is 6. The predicted molar refractivity (Wildman–Crippen MR) is 118 cm³/mol. The van der Waals surface area contributed by atoms with E-state index < -0.39 is 17.7 Å². The number of carbonyl (C=O) groups is 2. The molecule has 7 heteroatoms. The van der Waals surface area contributed by atoms with Crippen LogP contribution in [0.3, 0.4) is 0 Å². The maximum absolute atomic E-state index is 13.1. The molecule has 0 bridgehead atoms. The number of Topliss-reactive ketones (excluding diaryl/α,β-unsaturated/α-hetero) is 1. The molecule has 0 aliphatic carbocycles. The molecule has 0 radical (unpaired) electrons. The van der Waals surface area contributed by atoms with E-state index in [1.807, 2.05) is 6.07 Å². The maximum Gasteiger partial charge on any atom is 0.295 e. The van der Waals surface area contributed by atoms with Crippen LogP contribution in [0.2, 0.25) is 0 Å². The fraction of sp³-hybridized carbons (Fsp3) is 0.160. The Kier molecular flexibility index (Phi) is 5.64. The third kappa shape index (κ3) is 3.80. The number of aryl methyl sites for hydroxylation is 1. The molecule has 2 aromatic carbocycles. The van der Waals surface area contributed by atoms with Crippen molar-refractivity contribution in [1.82, 2.24) is 9.88 Å². The molecule has 1 aliphatic rings. The fourth-order valence-electron chi connectivity index (χ4n) is 3.91. The number of rotatable bonds is 5. The third-order valence-electron chi connectivity index (χ3n) is 5.51. The van der Waals surface area contributed by atoms with Crippen molar-refractivity contribution in [2.75, 3.05) is 7.11 Å². The highest BCUT2D eigenvalue weighted by molar-refractivity contribution is 6.46. The van der Waals surface area contributed by atoms with Gasteiger partial charge >= 0.3 is 0 Å². The van der Waals surface area contributed by atoms with Crippen molar-refractivity contribution in [2.24, 2.45) is 0 Å². The molecule has 3 aromatic rings. The summed E-state index contributed by atoms with van der Waals surface area (Å²) in [5.74, 6) is -1.05. The second-order valence-electron chi connectivity index (χ2n) is 7.56. The minimum absolute atomic E-state index is 0.00199. The van der Waals surface area contributed by atoms with E-state index in [0.29, 0.717) is 22.4 Å². The molecule has 1 saturated heterocycles. The van der Waals surface area contributed by atoms with Gasteiger partial charge in [-0.1, -0.05) is 18.2 Å². The van der Waals surface area contributed by atoms with E-state index in [1.165, 1.54) is 17.0 Å². The zero-order chi connectivity index (χ0) is 22.8. The number of ketones is 1. The number of phenolic OH excluding ortho intramolecular Hbond substituents is 1. The van der Waals surface area contributed by atoms with Gasteiger partial charge in [0.05, 0.1) is 18.7 Å². The number of aliphatic hydroxyl groups excluding tert-OH is 1. The van der Waals surface area contributed by atoms with Crippen LogP contribution in [-0.2, 0) is 16.1 Å². The number of amides is 1. The third-order valence-corrected chi connectivity index (χ3v) is 5.51. The molecule has 1 fully saturated rings. The Balaban J connectivity index is 1.87. The molecule has 2 N–H and O–H groups in total. The summed E-state index contributed by atoms with van der Waals surface area (Å²) < 4.78 is 5.22. The average molecular weight is 430 g/mol. The summed E-state index contributed by atoms with van der Waals surface area (Å²) in [7, 11) is 1.54. The van der Waals surface area contributed by atoms with Gasteiger partial charge in [0.25, 0.3) is 11.7 Å². The van der Waals surface area contributed by atoms with Gasteiger partial charge in [-0.15, -0.1) is 0 Å². The van der Waals surface area contributed by atoms with E-state index in [2.05, 4.69) is 4.98 Å². The van der Waals surface area contributed by atoms with Gasteiger partial charge in [-0.05, 0) is 60.0 Å². The van der Waals surface area contributed by atoms with Gasteiger partial charge in [0, 0.05) is 24.5 Å². The molecule has 1 aliphatic heterocycles. The first-order valence-electron chi connectivity index (χ1n) is 10.0. The van der Waals surface area contributed by atoms with Crippen LogP contribution >= 0.6 is 0 Å². The summed E-state index contributed by atoms with van der Waals surface area (Å²) in [5, 5.41) is 20.9. The summed E-state index contributed by atoms with van der Waals surface area (Å²) in [6.07, 6.45) is 3.25. The van der Waals surface area contributed by atoms with Gasteiger partial charge < -0.3 is 19.8 Å². The van der Waals surface area contributed by atoms with E-state index >= 15 is 0 Å². The topological polar surface area (TPSA) is 100.0 Å². The summed E-state index contributed by atoms with van der Waals surface area (Å²) >= 11 is 0. The Morgan fingerprint density at radius 1 is 1.12 bits per heavy atom. The zero-order valence-electron chi connectivity index (χ0n) is 17.6. The largest absolute Gasteiger partial charge is 0.508 e. The van der Waals surface area contributed by atoms with Crippen LogP contribution in [0.5, 0.6) is 11.5 Å². The molecule has 1 aromatic heterocycles. The Bertz CT molecular complexity index is 1200. The Hall–Kier alpha value is -4.13. The molecule has 1 atom stereocenters. The second-order valence-corrected chi connectivity index (χ2v) is 7.56. The molecule has 162 valence electrons. The van der Waals surface area contributed by atoms with Crippen LogP contribution in [0.15, 0.2) is 72.6 Å². The summed E-state index contributed by atoms with van der Waals surface area (Å²) in [6, 6.07) is 14.1. The van der Waals surface area contributed by atoms with Crippen LogP contribution in [0.25, 0.3) is 5.76 Å². The molecular weight excluding hydrogens is 408 g/mol. The fourth-order valence-corrected chi connectivity index (χ4v) is 3.91. The van der Waals surface area contributed by atoms with Gasteiger partial charge in [0.1, 0.15) is 17.3 Å². The number of hydrogen-bond donors (Lipinski definition) is 2. The van der Waals surface area contributed by atoms with Crippen LogP contribution < -0.4 is 4.74 Å². The number of ether oxygens (including phenoxy) is 1. The van der Waals surface area contributed by atoms with Crippen molar-refractivity contribution in [3.8, 4) is 11.5 Å². The highest BCUT2D eigenvalue weighted by Gasteiger charge is 2.46. The Morgan fingerprint density at radius 3 is 2.50 bits per heavy atom. The van der Waals surface area contributed by atoms with Crippen LogP contribution in [-0.4, -0.2) is 38.9 Å². The first-order chi connectivity index (χ1) is 15.4. The highest BCUT2D eigenvalue weighted by Crippen LogP contribution is 2.41. The average Bonchev–Trinajstić information content (AvgIpc) is 3.04. The predicted octanol–water partition coefficient (Wildman–Crippen LogP) is 3.73. The zero-order valence-corrected chi connectivity index (χ0v) is 17.6. The van der Waals surface area contributed by atoms with Gasteiger partial charge in [-0.25, -0.2) is 0 Å². The lowest BCUT2D eigenvalue weighted by Crippen LogP contribution is -2.29. The number of pyridine rings is 1. The van der Waals surface area contributed by atoms with Crippen molar-refractivity contribution in [1.29, 1.82) is 0 Å². The second kappa shape index (κ2) is 8.55. The molecule has 1 amide bonds. The number of aromatic nitrogens is 1. The van der Waals surface area contributed by atoms with Gasteiger partial charge in [-0.2, -0.15) is 0 Å². The number of carbonyl (C=O) groups excluding carboxylic acids is 2. The number of aromatic hydroxyl groups is 1. The molecule has 0 unspecified atom stereocenters. The van der Waals surface area contributed by atoms with Gasteiger partial charge in [0.15, 0.2) is 0 Å². The normalized spacial score (nSPS) is 17.6. The van der Waals surface area contributed by atoms with E-state index in [4.69, 9.17) is 4.74 Å². The smallest absolute Gasteiger partial charge is 0.295 e. The monoisotopic (exact) mass is 430 g/mol. The highest BCUT2D eigenvalue weighted by atomic mass is 16.5. The molecule has 2 heterocycles. The Labute approximate surface area is 185 Å². The van der Waals surface area contributed by atoms with Crippen LogP contribution in [0, 0.1) is 6.92 Å². The molecule has 32 heavy (non-hydrogen) atoms. The van der Waals surface area contributed by atoms with E-state index in [-0.39, 0.29) is 23.6 Å². The maximum atomic E-state index is 13.1. The van der Waals surface area contributed by atoms with Gasteiger partial charge in [0.2, 0.25) is 0 Å². The number of benzene rings is 2. The van der Waals surface area contributed by atoms with Crippen molar-refractivity contribution >= 4 is 17.4 Å². The molecule has 0 saturated carbocycles. The number of phenols is 1. The summed E-state index contributed by atoms with van der Waals surface area (Å²) in [4.78, 5) is 31.6. The van der Waals surface area contributed by atoms with Gasteiger partial charge in [-0.3, -0.25) is 14.6 Å². The number of nitrogens with zero attached hydrogens (tertiary/aromatic N) is 2. The van der Waals surface area contributed by atoms with Crippen LogP contribution in [0.4, 0.5) is 0 Å². The standard InChI is InChI=1S/C25H22N2O5/c1-15-12-19(32-2)9-10-20(15)23(29)21-22(17-5-7-18(28)8-6-17)27(25(31)24(21)30)14-16-4-3-11-26-13-16/h3-13,22,28-29H,14H2,1-2H3/t22-/m1/s1. The van der Waals surface area contributed by atoms with Crippen molar-refractivity contribution in [3.63, 3.8) is 0 Å². The van der Waals surface area contributed by atoms with E-state index in [0.717, 1.165) is 5.56 Å². The van der Waals surface area contributed by atoms with Crippen molar-refractivity contribution in [2.45, 2.75) is 19.5 Å². The Morgan fingerprint density at radius 2 is 1.88 bits per heavy atom. The minimum atomic E-state index is -0.822. The number of likely N-dealkylation sites (tertiary alicyclic amines) is 1. The minimum Gasteiger partial charge on any atom is -0.508 e. The first kappa shape index (κ1) is 21.1. The molecule has 0 spiro atoms. The molecule has 7 nitrogen and oxygen atoms in total. The van der Waals surface area contributed by atoms with Crippen molar-refractivity contribution in [3.05, 3.63) is 94.8 Å². The number of methoxy groups -OCH3 is 1. The van der Waals surface area contributed by atoms with Crippen molar-refractivity contribution < 1.29 is 24.5 Å². The van der Waals surface area contributed by atoms with E-state index in [1.54, 1.807) is 62.8 Å². The van der Waals surface area contributed by atoms with E-state index in [9.17, 15) is 19.8 Å². The van der Waals surface area contributed by atoms with Crippen LogP contribution in [0.1, 0.15) is 28.3 Å². The lowest BCUT2D eigenvalue weighted by atomic mass is 9.93.